The Labute approximate surface area is 65.1 Å². The van der Waals surface area contributed by atoms with Crippen LogP contribution >= 0.6 is 0 Å². The Morgan fingerprint density at radius 1 is 1.82 bits per heavy atom. The van der Waals surface area contributed by atoms with E-state index in [1.165, 1.54) is 13.3 Å². The second kappa shape index (κ2) is 2.53. The molecule has 1 aliphatic rings. The Kier molecular flexibility index (Phi) is 1.85. The number of esters is 1. The molecule has 1 rings (SSSR count). The molecule has 0 spiro atoms. The molecule has 4 heteroatoms. The van der Waals surface area contributed by atoms with Crippen LogP contribution < -0.4 is 0 Å². The van der Waals surface area contributed by atoms with E-state index in [0.29, 0.717) is 17.6 Å². The standard InChI is InChI=1S/C7H11NO3/c1-7(6(9)11-2)4-3-5-8(7)10/h5H,3-4H2,1-2H3/t7-/m1/s1. The monoisotopic (exact) mass is 157 g/mol. The summed E-state index contributed by atoms with van der Waals surface area (Å²) in [5, 5.41) is 11.1. The lowest BCUT2D eigenvalue weighted by atomic mass is 10.0. The first kappa shape index (κ1) is 8.04. The van der Waals surface area contributed by atoms with Gasteiger partial charge >= 0.3 is 5.97 Å². The fraction of sp³-hybridized carbons (Fsp3) is 0.714. The van der Waals surface area contributed by atoms with Crippen LogP contribution in [0.15, 0.2) is 0 Å². The smallest absolute Gasteiger partial charge is 0.379 e. The fourth-order valence-electron chi connectivity index (χ4n) is 1.19. The van der Waals surface area contributed by atoms with Crippen LogP contribution in [-0.4, -0.2) is 29.6 Å². The zero-order chi connectivity index (χ0) is 8.48. The molecule has 0 aromatic heterocycles. The summed E-state index contributed by atoms with van der Waals surface area (Å²) in [6, 6.07) is 0. The fourth-order valence-corrected chi connectivity index (χ4v) is 1.19. The minimum Gasteiger partial charge on any atom is -0.623 e. The van der Waals surface area contributed by atoms with Crippen molar-refractivity contribution in [3.8, 4) is 0 Å². The highest BCUT2D eigenvalue weighted by Gasteiger charge is 2.45. The molecular formula is C7H11NO3. The van der Waals surface area contributed by atoms with Crippen LogP contribution in [-0.2, 0) is 9.53 Å². The largest absolute Gasteiger partial charge is 0.623 e. The number of rotatable bonds is 1. The van der Waals surface area contributed by atoms with Crippen molar-refractivity contribution in [2.45, 2.75) is 25.3 Å². The summed E-state index contributed by atoms with van der Waals surface area (Å²) in [4.78, 5) is 11.1. The van der Waals surface area contributed by atoms with Crippen molar-refractivity contribution in [3.63, 3.8) is 0 Å². The molecule has 0 fully saturated rings. The zero-order valence-electron chi connectivity index (χ0n) is 6.66. The van der Waals surface area contributed by atoms with Crippen molar-refractivity contribution in [3.05, 3.63) is 5.21 Å². The number of hydrogen-bond donors (Lipinski definition) is 0. The Hall–Kier alpha value is -1.06. The Balaban J connectivity index is 2.83. The van der Waals surface area contributed by atoms with E-state index >= 15 is 0 Å². The molecular weight excluding hydrogens is 146 g/mol. The molecule has 4 nitrogen and oxygen atoms in total. The quantitative estimate of drug-likeness (QED) is 0.312. The van der Waals surface area contributed by atoms with Crippen LogP contribution in [0.1, 0.15) is 19.8 Å². The first-order valence-corrected chi connectivity index (χ1v) is 3.49. The van der Waals surface area contributed by atoms with E-state index in [0.717, 1.165) is 0 Å². The average Bonchev–Trinajstić information content (AvgIpc) is 2.32. The van der Waals surface area contributed by atoms with Gasteiger partial charge in [0.1, 0.15) is 0 Å². The van der Waals surface area contributed by atoms with Crippen molar-refractivity contribution in [2.24, 2.45) is 0 Å². The summed E-state index contributed by atoms with van der Waals surface area (Å²) in [7, 11) is 1.29. The van der Waals surface area contributed by atoms with Gasteiger partial charge in [-0.15, -0.1) is 0 Å². The summed E-state index contributed by atoms with van der Waals surface area (Å²) in [5.41, 5.74) is -0.977. The van der Waals surface area contributed by atoms with Crippen LogP contribution in [0, 0.1) is 5.21 Å². The van der Waals surface area contributed by atoms with Gasteiger partial charge in [0, 0.05) is 19.8 Å². The first-order chi connectivity index (χ1) is 5.11. The van der Waals surface area contributed by atoms with Gasteiger partial charge in [0.25, 0.3) is 5.54 Å². The second-order valence-electron chi connectivity index (χ2n) is 2.81. The van der Waals surface area contributed by atoms with Crippen LogP contribution in [0.25, 0.3) is 0 Å². The number of hydrogen-bond acceptors (Lipinski definition) is 3. The van der Waals surface area contributed by atoms with Gasteiger partial charge in [-0.05, 0) is 0 Å². The van der Waals surface area contributed by atoms with Gasteiger partial charge in [-0.2, -0.15) is 4.74 Å². The number of ether oxygens (including phenoxy) is 1. The van der Waals surface area contributed by atoms with Crippen molar-refractivity contribution >= 4 is 12.2 Å². The first-order valence-electron chi connectivity index (χ1n) is 3.49. The van der Waals surface area contributed by atoms with Gasteiger partial charge < -0.3 is 9.94 Å². The topological polar surface area (TPSA) is 52.4 Å². The number of hydroxylamine groups is 1. The van der Waals surface area contributed by atoms with E-state index < -0.39 is 11.5 Å². The maximum absolute atomic E-state index is 11.1. The predicted molar refractivity (Wildman–Crippen MR) is 39.3 cm³/mol. The molecule has 0 aromatic rings. The summed E-state index contributed by atoms with van der Waals surface area (Å²) in [6.07, 6.45) is 2.66. The molecule has 0 radical (unpaired) electrons. The Bertz CT molecular complexity index is 212. The average molecular weight is 157 g/mol. The summed E-state index contributed by atoms with van der Waals surface area (Å²) < 4.78 is 5.19. The van der Waals surface area contributed by atoms with E-state index in [-0.39, 0.29) is 0 Å². The van der Waals surface area contributed by atoms with E-state index in [1.54, 1.807) is 6.92 Å². The number of carbonyl (C=O) groups is 1. The summed E-state index contributed by atoms with van der Waals surface area (Å²) in [6.45, 7) is 1.59. The lowest BCUT2D eigenvalue weighted by molar-refractivity contribution is -0.517. The number of methoxy groups -OCH3 is 1. The number of nitrogens with zero attached hydrogens (tertiary/aromatic N) is 1. The van der Waals surface area contributed by atoms with Crippen molar-refractivity contribution in [2.75, 3.05) is 7.11 Å². The molecule has 0 saturated heterocycles. The molecule has 1 atom stereocenters. The lowest BCUT2D eigenvalue weighted by Crippen LogP contribution is -2.42. The molecule has 0 amide bonds. The van der Waals surface area contributed by atoms with E-state index in [4.69, 9.17) is 0 Å². The summed E-state index contributed by atoms with van der Waals surface area (Å²) in [5.74, 6) is -0.457. The highest BCUT2D eigenvalue weighted by Crippen LogP contribution is 2.22. The van der Waals surface area contributed by atoms with Gasteiger partial charge in [0.15, 0.2) is 6.21 Å². The third-order valence-electron chi connectivity index (χ3n) is 2.04. The Morgan fingerprint density at radius 3 is 2.82 bits per heavy atom. The van der Waals surface area contributed by atoms with Crippen LogP contribution in [0.5, 0.6) is 0 Å². The normalized spacial score (nSPS) is 29.8. The lowest BCUT2D eigenvalue weighted by Gasteiger charge is -2.19. The SMILES string of the molecule is COC(=O)[C@@]1(C)CCC=[N+]1[O-]. The number of carbonyl (C=O) groups excluding carboxylic acids is 1. The van der Waals surface area contributed by atoms with Gasteiger partial charge in [-0.1, -0.05) is 0 Å². The second-order valence-corrected chi connectivity index (χ2v) is 2.81. The minimum absolute atomic E-state index is 0.457. The highest BCUT2D eigenvalue weighted by atomic mass is 16.5. The molecule has 11 heavy (non-hydrogen) atoms. The maximum Gasteiger partial charge on any atom is 0.379 e. The summed E-state index contributed by atoms with van der Waals surface area (Å²) >= 11 is 0. The molecule has 0 N–H and O–H groups in total. The Morgan fingerprint density at radius 2 is 2.45 bits per heavy atom. The minimum atomic E-state index is -0.977. The molecule has 62 valence electrons. The van der Waals surface area contributed by atoms with Crippen molar-refractivity contribution in [1.29, 1.82) is 0 Å². The van der Waals surface area contributed by atoms with Crippen molar-refractivity contribution in [1.82, 2.24) is 0 Å². The van der Waals surface area contributed by atoms with Gasteiger partial charge in [-0.3, -0.25) is 0 Å². The highest BCUT2D eigenvalue weighted by molar-refractivity contribution is 5.80. The molecule has 1 heterocycles. The molecule has 0 bridgehead atoms. The zero-order valence-corrected chi connectivity index (χ0v) is 6.66. The van der Waals surface area contributed by atoms with E-state index in [2.05, 4.69) is 4.74 Å². The third kappa shape index (κ3) is 1.08. The van der Waals surface area contributed by atoms with Gasteiger partial charge in [0.2, 0.25) is 0 Å². The molecule has 0 saturated carbocycles. The molecule has 0 aliphatic carbocycles. The van der Waals surface area contributed by atoms with Gasteiger partial charge in [-0.25, -0.2) is 4.79 Å². The van der Waals surface area contributed by atoms with Crippen LogP contribution in [0.4, 0.5) is 0 Å². The predicted octanol–water partition coefficient (Wildman–Crippen LogP) is 0.293. The van der Waals surface area contributed by atoms with E-state index in [9.17, 15) is 10.0 Å². The van der Waals surface area contributed by atoms with Crippen LogP contribution in [0.2, 0.25) is 0 Å². The molecule has 0 aromatic carbocycles. The van der Waals surface area contributed by atoms with Gasteiger partial charge in [0.05, 0.1) is 7.11 Å². The molecule has 1 aliphatic heterocycles. The molecule has 0 unspecified atom stereocenters. The third-order valence-corrected chi connectivity index (χ3v) is 2.04. The maximum atomic E-state index is 11.1. The van der Waals surface area contributed by atoms with E-state index in [1.807, 2.05) is 0 Å². The van der Waals surface area contributed by atoms with Crippen LogP contribution in [0.3, 0.4) is 0 Å². The van der Waals surface area contributed by atoms with Crippen molar-refractivity contribution < 1.29 is 14.3 Å².